The number of hydrogen-bond acceptors (Lipinski definition) is 4. The Hall–Kier alpha value is -1.27. The molecule has 0 unspecified atom stereocenters. The number of rotatable bonds is 8. The van der Waals surface area contributed by atoms with E-state index in [1.54, 1.807) is 0 Å². The highest BCUT2D eigenvalue weighted by Gasteiger charge is 2.10. The van der Waals surface area contributed by atoms with E-state index in [9.17, 15) is 8.42 Å². The Kier molecular flexibility index (Phi) is 6.11. The minimum Gasteiger partial charge on any atom is -0.491 e. The minimum absolute atomic E-state index is 0.0164. The van der Waals surface area contributed by atoms with Crippen LogP contribution in [0.4, 0.5) is 5.69 Å². The monoisotopic (exact) mass is 286 g/mol. The maximum absolute atomic E-state index is 11.2. The molecule has 0 saturated carbocycles. The standard InChI is InChI=1S/C13H22N2O3S/c1-2-3-4-5-6-9-18-13-10-11(19(15,16)17)7-8-12(13)14/h7-8,10H,2-6,9,14H2,1H3,(H2,15,16,17). The van der Waals surface area contributed by atoms with Crippen LogP contribution in [0.15, 0.2) is 23.1 Å². The second kappa shape index (κ2) is 7.35. The number of hydrogen-bond donors (Lipinski definition) is 2. The molecule has 0 aliphatic carbocycles. The van der Waals surface area contributed by atoms with Gasteiger partial charge < -0.3 is 10.5 Å². The van der Waals surface area contributed by atoms with Gasteiger partial charge >= 0.3 is 0 Å². The molecule has 0 aromatic heterocycles. The van der Waals surface area contributed by atoms with E-state index < -0.39 is 10.0 Å². The Morgan fingerprint density at radius 3 is 2.47 bits per heavy atom. The lowest BCUT2D eigenvalue weighted by Gasteiger charge is -2.10. The fraction of sp³-hybridized carbons (Fsp3) is 0.538. The van der Waals surface area contributed by atoms with Gasteiger partial charge in [0.1, 0.15) is 5.75 Å². The summed E-state index contributed by atoms with van der Waals surface area (Å²) < 4.78 is 28.0. The van der Waals surface area contributed by atoms with Crippen molar-refractivity contribution in [1.82, 2.24) is 0 Å². The number of anilines is 1. The zero-order chi connectivity index (χ0) is 14.3. The van der Waals surface area contributed by atoms with Crippen LogP contribution >= 0.6 is 0 Å². The fourth-order valence-corrected chi connectivity index (χ4v) is 2.23. The van der Waals surface area contributed by atoms with Crippen LogP contribution in [0, 0.1) is 0 Å². The van der Waals surface area contributed by atoms with Gasteiger partial charge in [0.05, 0.1) is 17.2 Å². The van der Waals surface area contributed by atoms with Crippen LogP contribution in [-0.2, 0) is 10.0 Å². The zero-order valence-corrected chi connectivity index (χ0v) is 12.1. The van der Waals surface area contributed by atoms with Crippen LogP contribution in [0.1, 0.15) is 39.0 Å². The molecular weight excluding hydrogens is 264 g/mol. The number of unbranched alkanes of at least 4 members (excludes halogenated alkanes) is 4. The van der Waals surface area contributed by atoms with Crippen molar-refractivity contribution in [3.8, 4) is 5.75 Å². The lowest BCUT2D eigenvalue weighted by molar-refractivity contribution is 0.305. The Balaban J connectivity index is 2.53. The lowest BCUT2D eigenvalue weighted by Crippen LogP contribution is -2.12. The SMILES string of the molecule is CCCCCCCOc1cc(S(N)(=O)=O)ccc1N. The molecule has 0 spiro atoms. The van der Waals surface area contributed by atoms with Gasteiger partial charge in [-0.15, -0.1) is 0 Å². The van der Waals surface area contributed by atoms with Crippen LogP contribution in [-0.4, -0.2) is 15.0 Å². The second-order valence-corrected chi connectivity index (χ2v) is 6.07. The van der Waals surface area contributed by atoms with E-state index in [0.717, 1.165) is 12.8 Å². The van der Waals surface area contributed by atoms with E-state index in [-0.39, 0.29) is 4.90 Å². The van der Waals surface area contributed by atoms with Crippen molar-refractivity contribution in [2.75, 3.05) is 12.3 Å². The molecule has 0 aliphatic heterocycles. The molecule has 0 fully saturated rings. The average molecular weight is 286 g/mol. The lowest BCUT2D eigenvalue weighted by atomic mass is 10.2. The van der Waals surface area contributed by atoms with Crippen molar-refractivity contribution < 1.29 is 13.2 Å². The maximum atomic E-state index is 11.2. The molecule has 5 nitrogen and oxygen atoms in total. The van der Waals surface area contributed by atoms with Gasteiger partial charge in [-0.1, -0.05) is 32.6 Å². The van der Waals surface area contributed by atoms with Crippen LogP contribution < -0.4 is 15.6 Å². The van der Waals surface area contributed by atoms with Gasteiger partial charge in [0.2, 0.25) is 10.0 Å². The summed E-state index contributed by atoms with van der Waals surface area (Å²) in [5.41, 5.74) is 6.15. The first-order valence-corrected chi connectivity index (χ1v) is 8.05. The first-order chi connectivity index (χ1) is 8.95. The van der Waals surface area contributed by atoms with E-state index in [1.165, 1.54) is 37.5 Å². The van der Waals surface area contributed by atoms with E-state index in [0.29, 0.717) is 18.0 Å². The molecule has 0 saturated heterocycles. The third-order valence-corrected chi connectivity index (χ3v) is 3.73. The summed E-state index contributed by atoms with van der Waals surface area (Å²) in [7, 11) is -3.72. The van der Waals surface area contributed by atoms with Gasteiger partial charge in [-0.05, 0) is 18.6 Å². The minimum atomic E-state index is -3.72. The van der Waals surface area contributed by atoms with Crippen molar-refractivity contribution >= 4 is 15.7 Å². The smallest absolute Gasteiger partial charge is 0.238 e. The summed E-state index contributed by atoms with van der Waals surface area (Å²) in [5.74, 6) is 0.377. The number of ether oxygens (including phenoxy) is 1. The molecule has 1 aromatic carbocycles. The maximum Gasteiger partial charge on any atom is 0.238 e. The first-order valence-electron chi connectivity index (χ1n) is 6.50. The molecule has 1 aromatic rings. The molecule has 0 amide bonds. The molecule has 4 N–H and O–H groups in total. The molecule has 6 heteroatoms. The van der Waals surface area contributed by atoms with Gasteiger partial charge in [0.25, 0.3) is 0 Å². The summed E-state index contributed by atoms with van der Waals surface area (Å²) >= 11 is 0. The predicted molar refractivity (Wildman–Crippen MR) is 76.5 cm³/mol. The van der Waals surface area contributed by atoms with E-state index in [2.05, 4.69) is 6.92 Å². The van der Waals surface area contributed by atoms with Crippen molar-refractivity contribution in [3.63, 3.8) is 0 Å². The molecule has 1 rings (SSSR count). The Bertz CT molecular complexity index is 501. The van der Waals surface area contributed by atoms with Gasteiger partial charge in [0, 0.05) is 6.07 Å². The Labute approximate surface area is 115 Å². The molecule has 0 aliphatic rings. The highest BCUT2D eigenvalue weighted by Crippen LogP contribution is 2.24. The van der Waals surface area contributed by atoms with Gasteiger partial charge in [-0.2, -0.15) is 0 Å². The van der Waals surface area contributed by atoms with Crippen LogP contribution in [0.3, 0.4) is 0 Å². The van der Waals surface area contributed by atoms with Crippen molar-refractivity contribution in [2.45, 2.75) is 43.9 Å². The van der Waals surface area contributed by atoms with Crippen molar-refractivity contribution in [1.29, 1.82) is 0 Å². The molecule has 0 heterocycles. The molecule has 19 heavy (non-hydrogen) atoms. The number of sulfonamides is 1. The third-order valence-electron chi connectivity index (χ3n) is 2.82. The third kappa shape index (κ3) is 5.48. The molecule has 0 atom stereocenters. The number of nitrogens with two attached hydrogens (primary N) is 2. The quantitative estimate of drug-likeness (QED) is 0.566. The van der Waals surface area contributed by atoms with Gasteiger partial charge in [-0.25, -0.2) is 13.6 Å². The van der Waals surface area contributed by atoms with E-state index >= 15 is 0 Å². The van der Waals surface area contributed by atoms with E-state index in [4.69, 9.17) is 15.6 Å². The highest BCUT2D eigenvalue weighted by molar-refractivity contribution is 7.89. The van der Waals surface area contributed by atoms with Gasteiger partial charge in [-0.3, -0.25) is 0 Å². The normalized spacial score (nSPS) is 11.5. The first kappa shape index (κ1) is 15.8. The highest BCUT2D eigenvalue weighted by atomic mass is 32.2. The van der Waals surface area contributed by atoms with Crippen LogP contribution in [0.2, 0.25) is 0 Å². The largest absolute Gasteiger partial charge is 0.491 e. The van der Waals surface area contributed by atoms with Gasteiger partial charge in [0.15, 0.2) is 0 Å². The summed E-state index contributed by atoms with van der Waals surface area (Å²) in [4.78, 5) is 0.0164. The van der Waals surface area contributed by atoms with Crippen molar-refractivity contribution in [2.24, 2.45) is 5.14 Å². The molecule has 0 radical (unpaired) electrons. The molecular formula is C13H22N2O3S. The number of nitrogen functional groups attached to an aromatic ring is 1. The summed E-state index contributed by atoms with van der Waals surface area (Å²) in [5, 5.41) is 5.06. The number of benzene rings is 1. The second-order valence-electron chi connectivity index (χ2n) is 4.51. The summed E-state index contributed by atoms with van der Waals surface area (Å²) in [6.45, 7) is 2.69. The Morgan fingerprint density at radius 2 is 1.84 bits per heavy atom. The van der Waals surface area contributed by atoms with Crippen molar-refractivity contribution in [3.05, 3.63) is 18.2 Å². The summed E-state index contributed by atoms with van der Waals surface area (Å²) in [6, 6.07) is 4.24. The van der Waals surface area contributed by atoms with E-state index in [1.807, 2.05) is 0 Å². The number of primary sulfonamides is 1. The topological polar surface area (TPSA) is 95.4 Å². The van der Waals surface area contributed by atoms with Crippen LogP contribution in [0.5, 0.6) is 5.75 Å². The summed E-state index contributed by atoms with van der Waals surface area (Å²) in [6.07, 6.45) is 5.64. The fourth-order valence-electron chi connectivity index (χ4n) is 1.70. The zero-order valence-electron chi connectivity index (χ0n) is 11.3. The average Bonchev–Trinajstić information content (AvgIpc) is 2.34. The van der Waals surface area contributed by atoms with Crippen LogP contribution in [0.25, 0.3) is 0 Å². The predicted octanol–water partition coefficient (Wildman–Crippen LogP) is 2.27. The molecule has 0 bridgehead atoms. The Morgan fingerprint density at radius 1 is 1.16 bits per heavy atom. The molecule has 108 valence electrons.